The minimum Gasteiger partial charge on any atom is -0.0816 e. The first-order chi connectivity index (χ1) is 5.33. The van der Waals surface area contributed by atoms with E-state index < -0.39 is 0 Å². The van der Waals surface area contributed by atoms with Crippen molar-refractivity contribution in [2.45, 2.75) is 46.0 Å². The van der Waals surface area contributed by atoms with E-state index in [2.05, 4.69) is 26.0 Å². The van der Waals surface area contributed by atoms with Crippen LogP contribution in [0.3, 0.4) is 0 Å². The van der Waals surface area contributed by atoms with Gasteiger partial charge in [-0.25, -0.2) is 0 Å². The van der Waals surface area contributed by atoms with Crippen molar-refractivity contribution in [3.63, 3.8) is 0 Å². The maximum absolute atomic E-state index is 2.37. The van der Waals surface area contributed by atoms with Gasteiger partial charge in [-0.15, -0.1) is 0 Å². The molecule has 0 fully saturated rings. The summed E-state index contributed by atoms with van der Waals surface area (Å²) in [5.41, 5.74) is 3.12. The molecule has 0 aromatic carbocycles. The van der Waals surface area contributed by atoms with Crippen molar-refractivity contribution in [1.29, 1.82) is 0 Å². The average Bonchev–Trinajstić information content (AvgIpc) is 2.15. The fourth-order valence-corrected chi connectivity index (χ4v) is 1.63. The first-order valence-corrected chi connectivity index (χ1v) is 4.69. The lowest BCUT2D eigenvalue weighted by Gasteiger charge is -2.01. The predicted octanol–water partition coefficient (Wildman–Crippen LogP) is 3.84. The van der Waals surface area contributed by atoms with E-state index >= 15 is 0 Å². The summed E-state index contributed by atoms with van der Waals surface area (Å²) in [7, 11) is 0. The van der Waals surface area contributed by atoms with Gasteiger partial charge in [0.15, 0.2) is 0 Å². The molecule has 0 spiro atoms. The smallest absolute Gasteiger partial charge is 0.0314 e. The van der Waals surface area contributed by atoms with Gasteiger partial charge in [-0.05, 0) is 32.6 Å². The summed E-state index contributed by atoms with van der Waals surface area (Å²) in [4.78, 5) is 0. The Morgan fingerprint density at radius 2 is 2.27 bits per heavy atom. The van der Waals surface area contributed by atoms with Crippen molar-refractivity contribution in [3.05, 3.63) is 23.3 Å². The number of hydrogen-bond donors (Lipinski definition) is 0. The molecule has 0 aromatic heterocycles. The van der Waals surface area contributed by atoms with Crippen LogP contribution in [-0.2, 0) is 0 Å². The molecule has 1 rings (SSSR count). The molecule has 0 unspecified atom stereocenters. The van der Waals surface area contributed by atoms with E-state index in [9.17, 15) is 0 Å². The molecule has 0 aromatic rings. The van der Waals surface area contributed by atoms with Gasteiger partial charge in [0.2, 0.25) is 0 Å². The Labute approximate surface area is 70.0 Å². The Balaban J connectivity index is 2.56. The molecule has 0 heterocycles. The molecule has 0 N–H and O–H groups in total. The Morgan fingerprint density at radius 3 is 3.00 bits per heavy atom. The van der Waals surface area contributed by atoms with Gasteiger partial charge in [0.05, 0.1) is 0 Å². The van der Waals surface area contributed by atoms with Gasteiger partial charge in [0.25, 0.3) is 0 Å². The largest absolute Gasteiger partial charge is 0.0816 e. The topological polar surface area (TPSA) is 0 Å². The lowest BCUT2D eigenvalue weighted by molar-refractivity contribution is 0.776. The van der Waals surface area contributed by atoms with Crippen LogP contribution < -0.4 is 0 Å². The maximum atomic E-state index is 2.37. The van der Waals surface area contributed by atoms with Gasteiger partial charge < -0.3 is 0 Å². The standard InChI is InChI=1S/C11H18/c1-3-6-11-8-5-4-7-10(2)9-11/h7,9H,3-6,8H2,1-2H3. The molecule has 0 amide bonds. The summed E-state index contributed by atoms with van der Waals surface area (Å²) in [6.45, 7) is 4.46. The molecule has 0 saturated heterocycles. The molecule has 1 aliphatic rings. The lowest BCUT2D eigenvalue weighted by Crippen LogP contribution is -1.81. The third-order valence-electron chi connectivity index (χ3n) is 2.17. The predicted molar refractivity (Wildman–Crippen MR) is 50.6 cm³/mol. The number of rotatable bonds is 2. The van der Waals surface area contributed by atoms with E-state index in [0.29, 0.717) is 0 Å². The van der Waals surface area contributed by atoms with Gasteiger partial charge in [0.1, 0.15) is 0 Å². The molecule has 0 nitrogen and oxygen atoms in total. The molecular formula is C11H18. The first kappa shape index (κ1) is 8.58. The summed E-state index contributed by atoms with van der Waals surface area (Å²) in [6, 6.07) is 0. The van der Waals surface area contributed by atoms with Crippen LogP contribution in [-0.4, -0.2) is 0 Å². The van der Waals surface area contributed by atoms with Gasteiger partial charge in [-0.3, -0.25) is 0 Å². The molecule has 0 aliphatic heterocycles. The third-order valence-corrected chi connectivity index (χ3v) is 2.17. The number of hydrogen-bond acceptors (Lipinski definition) is 0. The van der Waals surface area contributed by atoms with Gasteiger partial charge in [-0.2, -0.15) is 0 Å². The Kier molecular flexibility index (Phi) is 3.41. The van der Waals surface area contributed by atoms with E-state index in [1.807, 2.05) is 0 Å². The minimum atomic E-state index is 1.27. The highest BCUT2D eigenvalue weighted by Crippen LogP contribution is 2.20. The van der Waals surface area contributed by atoms with Crippen LogP contribution in [0.4, 0.5) is 0 Å². The summed E-state index contributed by atoms with van der Waals surface area (Å²) in [5, 5.41) is 0. The van der Waals surface area contributed by atoms with Crippen molar-refractivity contribution >= 4 is 0 Å². The van der Waals surface area contributed by atoms with Crippen molar-refractivity contribution in [2.75, 3.05) is 0 Å². The fraction of sp³-hybridized carbons (Fsp3) is 0.636. The van der Waals surface area contributed by atoms with Gasteiger partial charge >= 0.3 is 0 Å². The Morgan fingerprint density at radius 1 is 1.45 bits per heavy atom. The molecule has 62 valence electrons. The Bertz CT molecular complexity index is 168. The van der Waals surface area contributed by atoms with Crippen molar-refractivity contribution in [1.82, 2.24) is 0 Å². The van der Waals surface area contributed by atoms with E-state index in [1.54, 1.807) is 5.57 Å². The quantitative estimate of drug-likeness (QED) is 0.561. The van der Waals surface area contributed by atoms with Crippen LogP contribution in [0.2, 0.25) is 0 Å². The summed E-state index contributed by atoms with van der Waals surface area (Å²) < 4.78 is 0. The summed E-state index contributed by atoms with van der Waals surface area (Å²) in [5.74, 6) is 0. The van der Waals surface area contributed by atoms with E-state index in [-0.39, 0.29) is 0 Å². The van der Waals surface area contributed by atoms with Crippen LogP contribution in [0.15, 0.2) is 23.3 Å². The fourth-order valence-electron chi connectivity index (χ4n) is 1.63. The van der Waals surface area contributed by atoms with Gasteiger partial charge in [-0.1, -0.05) is 36.6 Å². The van der Waals surface area contributed by atoms with Crippen LogP contribution >= 0.6 is 0 Å². The zero-order valence-corrected chi connectivity index (χ0v) is 7.69. The average molecular weight is 150 g/mol. The molecule has 0 atom stereocenters. The zero-order chi connectivity index (χ0) is 8.10. The van der Waals surface area contributed by atoms with Crippen LogP contribution in [0.1, 0.15) is 46.0 Å². The minimum absolute atomic E-state index is 1.27. The van der Waals surface area contributed by atoms with Gasteiger partial charge in [0, 0.05) is 0 Å². The zero-order valence-electron chi connectivity index (χ0n) is 7.69. The monoisotopic (exact) mass is 150 g/mol. The molecule has 0 saturated carbocycles. The van der Waals surface area contributed by atoms with E-state index in [1.165, 1.54) is 37.7 Å². The molecule has 1 aliphatic carbocycles. The highest BCUT2D eigenvalue weighted by Gasteiger charge is 2.00. The molecular weight excluding hydrogens is 132 g/mol. The first-order valence-electron chi connectivity index (χ1n) is 4.69. The highest BCUT2D eigenvalue weighted by molar-refractivity contribution is 5.23. The maximum Gasteiger partial charge on any atom is -0.0314 e. The lowest BCUT2D eigenvalue weighted by atomic mass is 10.0. The van der Waals surface area contributed by atoms with Crippen molar-refractivity contribution in [3.8, 4) is 0 Å². The van der Waals surface area contributed by atoms with Crippen LogP contribution in [0.25, 0.3) is 0 Å². The second-order valence-corrected chi connectivity index (χ2v) is 3.39. The Hall–Kier alpha value is -0.520. The van der Waals surface area contributed by atoms with Crippen molar-refractivity contribution in [2.24, 2.45) is 0 Å². The van der Waals surface area contributed by atoms with E-state index in [4.69, 9.17) is 0 Å². The molecule has 0 heteroatoms. The number of allylic oxidation sites excluding steroid dienone is 4. The molecule has 0 radical (unpaired) electrons. The third kappa shape index (κ3) is 2.92. The van der Waals surface area contributed by atoms with E-state index in [0.717, 1.165) is 0 Å². The van der Waals surface area contributed by atoms with Crippen LogP contribution in [0.5, 0.6) is 0 Å². The normalized spacial score (nSPS) is 18.7. The molecule has 11 heavy (non-hydrogen) atoms. The second kappa shape index (κ2) is 4.38. The van der Waals surface area contributed by atoms with Crippen LogP contribution in [0, 0.1) is 0 Å². The van der Waals surface area contributed by atoms with Crippen molar-refractivity contribution < 1.29 is 0 Å². The highest BCUT2D eigenvalue weighted by atomic mass is 14.1. The summed E-state index contributed by atoms with van der Waals surface area (Å²) in [6.07, 6.45) is 11.3. The SMILES string of the molecule is CCCC1=CC(C)=CCCC1. The second-order valence-electron chi connectivity index (χ2n) is 3.39. The summed E-state index contributed by atoms with van der Waals surface area (Å²) >= 11 is 0. The molecule has 0 bridgehead atoms.